The summed E-state index contributed by atoms with van der Waals surface area (Å²) in [6.45, 7) is 4.72. The van der Waals surface area contributed by atoms with Crippen molar-refractivity contribution in [3.05, 3.63) is 33.9 Å². The van der Waals surface area contributed by atoms with E-state index in [0.717, 1.165) is 21.9 Å². The van der Waals surface area contributed by atoms with Crippen molar-refractivity contribution in [1.29, 1.82) is 0 Å². The number of rotatable bonds is 0. The van der Waals surface area contributed by atoms with Gasteiger partial charge in [-0.25, -0.2) is 0 Å². The van der Waals surface area contributed by atoms with Crippen LogP contribution in [0.1, 0.15) is 18.1 Å². The lowest BCUT2D eigenvalue weighted by molar-refractivity contribution is 0.347. The van der Waals surface area contributed by atoms with E-state index in [9.17, 15) is 0 Å². The van der Waals surface area contributed by atoms with Crippen molar-refractivity contribution in [3.8, 4) is 5.75 Å². The maximum atomic E-state index is 6.15. The predicted molar refractivity (Wildman–Crippen MR) is 55.3 cm³/mol. The first-order valence-electron chi connectivity index (χ1n) is 4.27. The van der Waals surface area contributed by atoms with Crippen LogP contribution < -0.4 is 4.74 Å². The molecule has 1 heterocycles. The van der Waals surface area contributed by atoms with Gasteiger partial charge in [-0.1, -0.05) is 17.7 Å². The highest BCUT2D eigenvalue weighted by molar-refractivity contribution is 6.33. The van der Waals surface area contributed by atoms with E-state index < -0.39 is 0 Å². The third kappa shape index (κ3) is 1.44. The number of aryl methyl sites for hydroxylation is 1. The Morgan fingerprint density at radius 3 is 2.85 bits per heavy atom. The number of benzene rings is 1. The summed E-state index contributed by atoms with van der Waals surface area (Å²) in [5.41, 5.74) is 3.32. The van der Waals surface area contributed by atoms with Gasteiger partial charge in [0.05, 0.1) is 5.02 Å². The molecule has 1 nitrogen and oxygen atoms in total. The molecule has 0 fully saturated rings. The fourth-order valence-electron chi connectivity index (χ4n) is 1.42. The van der Waals surface area contributed by atoms with E-state index in [1.54, 1.807) is 0 Å². The van der Waals surface area contributed by atoms with Crippen LogP contribution in [0.3, 0.4) is 0 Å². The molecule has 0 bridgehead atoms. The lowest BCUT2D eigenvalue weighted by Gasteiger charge is -2.17. The average molecular weight is 195 g/mol. The molecule has 1 aliphatic heterocycles. The van der Waals surface area contributed by atoms with Gasteiger partial charge < -0.3 is 4.74 Å². The van der Waals surface area contributed by atoms with Gasteiger partial charge in [0.15, 0.2) is 0 Å². The molecule has 2 heteroatoms. The first-order valence-corrected chi connectivity index (χ1v) is 4.65. The van der Waals surface area contributed by atoms with Crippen LogP contribution in [-0.2, 0) is 0 Å². The summed E-state index contributed by atoms with van der Waals surface area (Å²) >= 11 is 6.15. The highest BCUT2D eigenvalue weighted by Crippen LogP contribution is 2.34. The fraction of sp³-hybridized carbons (Fsp3) is 0.273. The van der Waals surface area contributed by atoms with Gasteiger partial charge in [0, 0.05) is 5.56 Å². The molecule has 1 aromatic rings. The van der Waals surface area contributed by atoms with Crippen LogP contribution in [0.5, 0.6) is 5.75 Å². The molecule has 0 spiro atoms. The maximum absolute atomic E-state index is 6.15. The number of fused-ring (bicyclic) bond motifs is 1. The van der Waals surface area contributed by atoms with Crippen LogP contribution in [-0.4, -0.2) is 6.61 Å². The predicted octanol–water partition coefficient (Wildman–Crippen LogP) is 3.44. The van der Waals surface area contributed by atoms with Crippen molar-refractivity contribution >= 4 is 17.7 Å². The van der Waals surface area contributed by atoms with E-state index in [-0.39, 0.29) is 0 Å². The van der Waals surface area contributed by atoms with Gasteiger partial charge in [-0.15, -0.1) is 0 Å². The Balaban J connectivity index is 2.63. The number of hydrogen-bond acceptors (Lipinski definition) is 1. The summed E-state index contributed by atoms with van der Waals surface area (Å²) in [7, 11) is 0. The molecule has 2 rings (SSSR count). The van der Waals surface area contributed by atoms with Crippen molar-refractivity contribution < 1.29 is 4.74 Å². The van der Waals surface area contributed by atoms with Gasteiger partial charge in [0.2, 0.25) is 0 Å². The van der Waals surface area contributed by atoms with Crippen molar-refractivity contribution in [1.82, 2.24) is 0 Å². The minimum atomic E-state index is 0.673. The second-order valence-electron chi connectivity index (χ2n) is 3.39. The van der Waals surface area contributed by atoms with E-state index in [4.69, 9.17) is 16.3 Å². The third-order valence-corrected chi connectivity index (χ3v) is 2.68. The zero-order chi connectivity index (χ0) is 9.42. The van der Waals surface area contributed by atoms with E-state index in [0.29, 0.717) is 6.61 Å². The van der Waals surface area contributed by atoms with E-state index in [1.807, 2.05) is 26.0 Å². The first-order chi connectivity index (χ1) is 6.18. The Morgan fingerprint density at radius 1 is 1.31 bits per heavy atom. The van der Waals surface area contributed by atoms with Crippen molar-refractivity contribution in [3.63, 3.8) is 0 Å². The molecule has 0 aromatic heterocycles. The van der Waals surface area contributed by atoms with Gasteiger partial charge in [-0.2, -0.15) is 0 Å². The molecule has 0 N–H and O–H groups in total. The Kier molecular flexibility index (Phi) is 2.04. The summed E-state index contributed by atoms with van der Waals surface area (Å²) in [6, 6.07) is 3.95. The van der Waals surface area contributed by atoms with Crippen LogP contribution >= 0.6 is 11.6 Å². The van der Waals surface area contributed by atoms with Crippen molar-refractivity contribution in [2.45, 2.75) is 13.8 Å². The Morgan fingerprint density at radius 2 is 2.08 bits per heavy atom. The molecule has 0 amide bonds. The van der Waals surface area contributed by atoms with E-state index in [1.165, 1.54) is 5.57 Å². The summed E-state index contributed by atoms with van der Waals surface area (Å²) in [6.07, 6.45) is 2.09. The van der Waals surface area contributed by atoms with Gasteiger partial charge in [0.25, 0.3) is 0 Å². The summed E-state index contributed by atoms with van der Waals surface area (Å²) in [4.78, 5) is 0. The zero-order valence-electron chi connectivity index (χ0n) is 7.73. The van der Waals surface area contributed by atoms with Gasteiger partial charge in [0.1, 0.15) is 12.4 Å². The van der Waals surface area contributed by atoms with Crippen molar-refractivity contribution in [2.75, 3.05) is 6.61 Å². The van der Waals surface area contributed by atoms with Crippen LogP contribution in [0.15, 0.2) is 17.7 Å². The molecule has 0 saturated carbocycles. The largest absolute Gasteiger partial charge is 0.489 e. The minimum absolute atomic E-state index is 0.673. The maximum Gasteiger partial charge on any atom is 0.128 e. The SMILES string of the molecule is CC1=Cc2c(ccc(C)c2Cl)OC1. The molecule has 13 heavy (non-hydrogen) atoms. The number of ether oxygens (including phenoxy) is 1. The monoisotopic (exact) mass is 194 g/mol. The number of hydrogen-bond donors (Lipinski definition) is 0. The molecule has 0 radical (unpaired) electrons. The highest BCUT2D eigenvalue weighted by atomic mass is 35.5. The fourth-order valence-corrected chi connectivity index (χ4v) is 1.63. The summed E-state index contributed by atoms with van der Waals surface area (Å²) in [5, 5.41) is 0.802. The minimum Gasteiger partial charge on any atom is -0.489 e. The van der Waals surface area contributed by atoms with Gasteiger partial charge in [-0.3, -0.25) is 0 Å². The average Bonchev–Trinajstić information content (AvgIpc) is 2.12. The molecular formula is C11H11ClO. The summed E-state index contributed by atoms with van der Waals surface area (Å²) in [5.74, 6) is 0.890. The van der Waals surface area contributed by atoms with E-state index in [2.05, 4.69) is 6.08 Å². The van der Waals surface area contributed by atoms with E-state index >= 15 is 0 Å². The topological polar surface area (TPSA) is 9.23 Å². The van der Waals surface area contributed by atoms with Crippen LogP contribution in [0.4, 0.5) is 0 Å². The number of halogens is 1. The Hall–Kier alpha value is -0.950. The standard InChI is InChI=1S/C11H11ClO/c1-7-5-9-10(13-6-7)4-3-8(2)11(9)12/h3-5H,6H2,1-2H3. The highest BCUT2D eigenvalue weighted by Gasteiger charge is 2.12. The molecule has 0 saturated heterocycles. The van der Waals surface area contributed by atoms with Gasteiger partial charge >= 0.3 is 0 Å². The summed E-state index contributed by atoms with van der Waals surface area (Å²) < 4.78 is 5.52. The van der Waals surface area contributed by atoms with Gasteiger partial charge in [-0.05, 0) is 37.1 Å². The lowest BCUT2D eigenvalue weighted by atomic mass is 10.1. The molecule has 0 atom stereocenters. The molecule has 1 aromatic carbocycles. The lowest BCUT2D eigenvalue weighted by Crippen LogP contribution is -2.05. The third-order valence-electron chi connectivity index (χ3n) is 2.18. The second kappa shape index (κ2) is 3.08. The van der Waals surface area contributed by atoms with Crippen LogP contribution in [0, 0.1) is 6.92 Å². The Bertz CT molecular complexity index is 380. The molecular weight excluding hydrogens is 184 g/mol. The molecule has 68 valence electrons. The van der Waals surface area contributed by atoms with Crippen LogP contribution in [0.2, 0.25) is 5.02 Å². The Labute approximate surface area is 83.0 Å². The molecule has 0 aliphatic carbocycles. The van der Waals surface area contributed by atoms with Crippen molar-refractivity contribution in [2.24, 2.45) is 0 Å². The first kappa shape index (κ1) is 8.64. The van der Waals surface area contributed by atoms with Crippen LogP contribution in [0.25, 0.3) is 6.08 Å². The zero-order valence-corrected chi connectivity index (χ0v) is 8.48. The normalized spacial score (nSPS) is 14.5. The molecule has 1 aliphatic rings. The quantitative estimate of drug-likeness (QED) is 0.615. The second-order valence-corrected chi connectivity index (χ2v) is 3.77. The smallest absolute Gasteiger partial charge is 0.128 e. The molecule has 0 unspecified atom stereocenters.